The zero-order valence-corrected chi connectivity index (χ0v) is 8.41. The number of hydrogen-bond acceptors (Lipinski definition) is 4. The molecule has 0 saturated carbocycles. The van der Waals surface area contributed by atoms with Gasteiger partial charge in [-0.1, -0.05) is 6.92 Å². The lowest BCUT2D eigenvalue weighted by Gasteiger charge is -2.05. The van der Waals surface area contributed by atoms with Crippen molar-refractivity contribution in [3.05, 3.63) is 23.5 Å². The number of pyridine rings is 1. The van der Waals surface area contributed by atoms with Crippen molar-refractivity contribution in [1.29, 1.82) is 0 Å². The predicted molar refractivity (Wildman–Crippen MR) is 54.0 cm³/mol. The molecule has 0 saturated heterocycles. The summed E-state index contributed by atoms with van der Waals surface area (Å²) in [5.41, 5.74) is 7.02. The highest BCUT2D eigenvalue weighted by atomic mass is 16.5. The molecule has 1 heterocycles. The number of nitrogen functional groups attached to an aromatic ring is 1. The van der Waals surface area contributed by atoms with Crippen molar-refractivity contribution in [3.63, 3.8) is 0 Å². The van der Waals surface area contributed by atoms with Crippen LogP contribution in [-0.2, 0) is 11.2 Å². The second kappa shape index (κ2) is 4.60. The van der Waals surface area contributed by atoms with E-state index in [9.17, 15) is 4.79 Å². The molecule has 1 rings (SSSR count). The number of esters is 1. The van der Waals surface area contributed by atoms with E-state index >= 15 is 0 Å². The van der Waals surface area contributed by atoms with Gasteiger partial charge in [0.2, 0.25) is 0 Å². The molecule has 0 atom stereocenters. The maximum absolute atomic E-state index is 11.4. The summed E-state index contributed by atoms with van der Waals surface area (Å²) in [4.78, 5) is 15.5. The summed E-state index contributed by atoms with van der Waals surface area (Å²) >= 11 is 0. The van der Waals surface area contributed by atoms with Gasteiger partial charge in [-0.3, -0.25) is 0 Å². The van der Waals surface area contributed by atoms with E-state index in [2.05, 4.69) is 4.98 Å². The molecule has 1 aromatic heterocycles. The van der Waals surface area contributed by atoms with Crippen LogP contribution in [0.1, 0.15) is 30.0 Å². The van der Waals surface area contributed by atoms with Crippen LogP contribution in [0.15, 0.2) is 12.1 Å². The molecule has 14 heavy (non-hydrogen) atoms. The van der Waals surface area contributed by atoms with E-state index in [1.54, 1.807) is 19.1 Å². The largest absolute Gasteiger partial charge is 0.461 e. The summed E-state index contributed by atoms with van der Waals surface area (Å²) in [7, 11) is 0. The van der Waals surface area contributed by atoms with Gasteiger partial charge in [0.15, 0.2) is 5.69 Å². The predicted octanol–water partition coefficient (Wildman–Crippen LogP) is 1.40. The number of anilines is 1. The number of carbonyl (C=O) groups is 1. The van der Waals surface area contributed by atoms with Crippen LogP contribution >= 0.6 is 0 Å². The average Bonchev–Trinajstić information content (AvgIpc) is 2.19. The van der Waals surface area contributed by atoms with Crippen LogP contribution < -0.4 is 5.73 Å². The van der Waals surface area contributed by atoms with Crippen molar-refractivity contribution in [2.24, 2.45) is 0 Å². The lowest BCUT2D eigenvalue weighted by Crippen LogP contribution is -2.11. The molecule has 4 heteroatoms. The Morgan fingerprint density at radius 1 is 1.50 bits per heavy atom. The molecule has 0 unspecified atom stereocenters. The van der Waals surface area contributed by atoms with E-state index < -0.39 is 5.97 Å². The first-order valence-corrected chi connectivity index (χ1v) is 4.61. The van der Waals surface area contributed by atoms with Gasteiger partial charge in [-0.25, -0.2) is 9.78 Å². The summed E-state index contributed by atoms with van der Waals surface area (Å²) in [6.07, 6.45) is 0.771. The van der Waals surface area contributed by atoms with Crippen molar-refractivity contribution in [2.45, 2.75) is 20.3 Å². The van der Waals surface area contributed by atoms with Crippen LogP contribution in [0.4, 0.5) is 5.69 Å². The highest BCUT2D eigenvalue weighted by Gasteiger charge is 2.12. The van der Waals surface area contributed by atoms with Crippen molar-refractivity contribution in [1.82, 2.24) is 4.98 Å². The molecular formula is C10H14N2O2. The maximum Gasteiger partial charge on any atom is 0.359 e. The van der Waals surface area contributed by atoms with Gasteiger partial charge in [-0.05, 0) is 25.5 Å². The van der Waals surface area contributed by atoms with Gasteiger partial charge in [-0.15, -0.1) is 0 Å². The molecule has 76 valence electrons. The van der Waals surface area contributed by atoms with Gasteiger partial charge < -0.3 is 10.5 Å². The highest BCUT2D eigenvalue weighted by molar-refractivity contribution is 5.92. The molecule has 0 bridgehead atoms. The Labute approximate surface area is 83.1 Å². The van der Waals surface area contributed by atoms with E-state index in [0.717, 1.165) is 12.1 Å². The summed E-state index contributed by atoms with van der Waals surface area (Å²) < 4.78 is 4.83. The SMILES string of the molecule is CCOC(=O)c1nc(CC)ccc1N. The summed E-state index contributed by atoms with van der Waals surface area (Å²) in [6.45, 7) is 4.04. The number of aryl methyl sites for hydroxylation is 1. The van der Waals surface area contributed by atoms with Crippen LogP contribution in [0, 0.1) is 0 Å². The lowest BCUT2D eigenvalue weighted by atomic mass is 10.2. The molecule has 4 nitrogen and oxygen atoms in total. The average molecular weight is 194 g/mol. The Morgan fingerprint density at radius 2 is 2.21 bits per heavy atom. The van der Waals surface area contributed by atoms with Crippen LogP contribution in [-0.4, -0.2) is 17.6 Å². The van der Waals surface area contributed by atoms with Gasteiger partial charge in [0, 0.05) is 5.69 Å². The normalized spacial score (nSPS) is 9.86. The Kier molecular flexibility index (Phi) is 3.45. The highest BCUT2D eigenvalue weighted by Crippen LogP contribution is 2.11. The first-order valence-electron chi connectivity index (χ1n) is 4.61. The van der Waals surface area contributed by atoms with Gasteiger partial charge in [0.1, 0.15) is 0 Å². The Hall–Kier alpha value is -1.58. The van der Waals surface area contributed by atoms with Gasteiger partial charge in [0.25, 0.3) is 0 Å². The maximum atomic E-state index is 11.4. The van der Waals surface area contributed by atoms with Crippen molar-refractivity contribution in [3.8, 4) is 0 Å². The van der Waals surface area contributed by atoms with E-state index in [1.165, 1.54) is 0 Å². The number of carbonyl (C=O) groups excluding carboxylic acids is 1. The molecule has 0 radical (unpaired) electrons. The quantitative estimate of drug-likeness (QED) is 0.739. The minimum atomic E-state index is -0.458. The van der Waals surface area contributed by atoms with E-state index in [0.29, 0.717) is 12.3 Å². The minimum Gasteiger partial charge on any atom is -0.461 e. The number of nitrogens with zero attached hydrogens (tertiary/aromatic N) is 1. The van der Waals surface area contributed by atoms with Gasteiger partial charge in [-0.2, -0.15) is 0 Å². The number of ether oxygens (including phenoxy) is 1. The first-order chi connectivity index (χ1) is 6.69. The second-order valence-corrected chi connectivity index (χ2v) is 2.81. The van der Waals surface area contributed by atoms with Gasteiger partial charge >= 0.3 is 5.97 Å². The summed E-state index contributed by atoms with van der Waals surface area (Å²) in [5, 5.41) is 0. The molecule has 0 aliphatic heterocycles. The fraction of sp³-hybridized carbons (Fsp3) is 0.400. The summed E-state index contributed by atoms with van der Waals surface area (Å²) in [5.74, 6) is -0.458. The number of rotatable bonds is 3. The Bertz CT molecular complexity index is 337. The Morgan fingerprint density at radius 3 is 2.79 bits per heavy atom. The van der Waals surface area contributed by atoms with Crippen LogP contribution in [0.2, 0.25) is 0 Å². The zero-order valence-electron chi connectivity index (χ0n) is 8.41. The lowest BCUT2D eigenvalue weighted by molar-refractivity contribution is 0.0520. The van der Waals surface area contributed by atoms with Gasteiger partial charge in [0.05, 0.1) is 12.3 Å². The van der Waals surface area contributed by atoms with Crippen molar-refractivity contribution >= 4 is 11.7 Å². The van der Waals surface area contributed by atoms with Crippen molar-refractivity contribution in [2.75, 3.05) is 12.3 Å². The molecule has 0 aromatic carbocycles. The minimum absolute atomic E-state index is 0.214. The van der Waals surface area contributed by atoms with E-state index in [1.807, 2.05) is 6.92 Å². The fourth-order valence-corrected chi connectivity index (χ4v) is 1.07. The van der Waals surface area contributed by atoms with Crippen LogP contribution in [0.25, 0.3) is 0 Å². The fourth-order valence-electron chi connectivity index (χ4n) is 1.07. The topological polar surface area (TPSA) is 65.2 Å². The third kappa shape index (κ3) is 2.22. The standard InChI is InChI=1S/C10H14N2O2/c1-3-7-5-6-8(11)9(12-7)10(13)14-4-2/h5-6H,3-4,11H2,1-2H3. The third-order valence-corrected chi connectivity index (χ3v) is 1.82. The zero-order chi connectivity index (χ0) is 10.6. The van der Waals surface area contributed by atoms with Crippen LogP contribution in [0.3, 0.4) is 0 Å². The van der Waals surface area contributed by atoms with Crippen LogP contribution in [0.5, 0.6) is 0 Å². The Balaban J connectivity index is 2.99. The van der Waals surface area contributed by atoms with Crippen molar-refractivity contribution < 1.29 is 9.53 Å². The summed E-state index contributed by atoms with van der Waals surface area (Å²) in [6, 6.07) is 3.48. The molecule has 0 amide bonds. The van der Waals surface area contributed by atoms with E-state index in [4.69, 9.17) is 10.5 Å². The molecule has 1 aromatic rings. The third-order valence-electron chi connectivity index (χ3n) is 1.82. The second-order valence-electron chi connectivity index (χ2n) is 2.81. The molecule has 0 aliphatic rings. The van der Waals surface area contributed by atoms with E-state index in [-0.39, 0.29) is 5.69 Å². The molecule has 0 fully saturated rings. The molecule has 0 spiro atoms. The molecule has 0 aliphatic carbocycles. The smallest absolute Gasteiger partial charge is 0.359 e. The number of nitrogens with two attached hydrogens (primary N) is 1. The number of hydrogen-bond donors (Lipinski definition) is 1. The first kappa shape index (κ1) is 10.5. The molecular weight excluding hydrogens is 180 g/mol. The monoisotopic (exact) mass is 194 g/mol. The number of aromatic nitrogens is 1. The molecule has 2 N–H and O–H groups in total.